The fraction of sp³-hybridized carbons (Fsp3) is 0.300. The molecular formula is C20H23N7O4. The molecule has 1 aromatic heterocycles. The van der Waals surface area contributed by atoms with E-state index in [1.54, 1.807) is 17.2 Å². The minimum atomic E-state index is -0.439. The van der Waals surface area contributed by atoms with Crippen LogP contribution in [-0.2, 0) is 9.53 Å². The maximum atomic E-state index is 12.3. The molecule has 2 aromatic rings. The Kier molecular flexibility index (Phi) is 6.88. The molecule has 2 amide bonds. The van der Waals surface area contributed by atoms with E-state index in [0.717, 1.165) is 22.4 Å². The Bertz CT molecular complexity index is 1020. The van der Waals surface area contributed by atoms with E-state index < -0.39 is 18.8 Å². The highest BCUT2D eigenvalue weighted by atomic mass is 16.6. The second-order valence-corrected chi connectivity index (χ2v) is 6.86. The highest BCUT2D eigenvalue weighted by molar-refractivity contribution is 5.91. The Labute approximate surface area is 178 Å². The van der Waals surface area contributed by atoms with Crippen molar-refractivity contribution in [1.29, 1.82) is 0 Å². The number of aliphatic hydroxyl groups is 1. The van der Waals surface area contributed by atoms with Gasteiger partial charge in [0.1, 0.15) is 12.7 Å². The molecule has 4 N–H and O–H groups in total. The molecule has 0 unspecified atom stereocenters. The molecule has 0 aliphatic carbocycles. The standard InChI is InChI=1S/C20H23N7O4/c1-12-7-14(15-4-6-18(23-8-15)25-26-19(11-28)24-21)3-5-17(12)27-10-16(31-20(27)30)9-22-13(2)29/h3-8,16,28H,9-11,21H2,1-2H3,(H,22,29)/t16-/m0/s1. The summed E-state index contributed by atoms with van der Waals surface area (Å²) in [7, 11) is 0. The number of carbonyl (C=O) groups is 2. The number of rotatable bonds is 6. The number of amides is 2. The summed E-state index contributed by atoms with van der Waals surface area (Å²) in [5, 5.41) is 22.5. The van der Waals surface area contributed by atoms with Crippen LogP contribution in [0.1, 0.15) is 12.5 Å². The van der Waals surface area contributed by atoms with Gasteiger partial charge in [-0.25, -0.2) is 9.78 Å². The quantitative estimate of drug-likeness (QED) is 0.211. The third-order valence-electron chi connectivity index (χ3n) is 4.58. The highest BCUT2D eigenvalue weighted by Crippen LogP contribution is 2.30. The largest absolute Gasteiger partial charge is 0.442 e. The number of benzene rings is 1. The SMILES string of the molecule is CC(=O)NC[C@H]1CN(c2ccc(-c3ccc(N=NC(CO)=NN)nc3)cc2C)C(=O)O1. The molecule has 11 heteroatoms. The third kappa shape index (κ3) is 5.39. The van der Waals surface area contributed by atoms with Gasteiger partial charge in [-0.15, -0.1) is 10.2 Å². The highest BCUT2D eigenvalue weighted by Gasteiger charge is 2.33. The molecule has 1 fully saturated rings. The number of hydrogen-bond donors (Lipinski definition) is 3. The van der Waals surface area contributed by atoms with Gasteiger partial charge in [0.25, 0.3) is 0 Å². The Morgan fingerprint density at radius 1 is 1.35 bits per heavy atom. The second kappa shape index (κ2) is 9.76. The van der Waals surface area contributed by atoms with E-state index in [2.05, 4.69) is 25.6 Å². The fourth-order valence-electron chi connectivity index (χ4n) is 3.04. The Hall–Kier alpha value is -3.86. The van der Waals surface area contributed by atoms with Crippen molar-refractivity contribution in [2.75, 3.05) is 24.6 Å². The second-order valence-electron chi connectivity index (χ2n) is 6.86. The lowest BCUT2D eigenvalue weighted by atomic mass is 10.0. The third-order valence-corrected chi connectivity index (χ3v) is 4.58. The van der Waals surface area contributed by atoms with Crippen molar-refractivity contribution in [1.82, 2.24) is 10.3 Å². The number of hydrazone groups is 1. The molecule has 0 spiro atoms. The van der Waals surface area contributed by atoms with Gasteiger partial charge in [0, 0.05) is 18.7 Å². The number of nitrogens with two attached hydrogens (primary N) is 1. The zero-order valence-corrected chi connectivity index (χ0v) is 17.1. The molecule has 3 rings (SSSR count). The number of carbonyl (C=O) groups excluding carboxylic acids is 2. The van der Waals surface area contributed by atoms with Gasteiger partial charge in [-0.05, 0) is 42.3 Å². The Morgan fingerprint density at radius 2 is 2.13 bits per heavy atom. The van der Waals surface area contributed by atoms with Crippen LogP contribution in [0.3, 0.4) is 0 Å². The summed E-state index contributed by atoms with van der Waals surface area (Å²) in [5.74, 6) is 5.24. The molecule has 1 saturated heterocycles. The minimum absolute atomic E-state index is 0.00292. The maximum Gasteiger partial charge on any atom is 0.414 e. The van der Waals surface area contributed by atoms with Crippen LogP contribution in [0.2, 0.25) is 0 Å². The number of nitrogens with one attached hydrogen (secondary N) is 1. The predicted octanol–water partition coefficient (Wildman–Crippen LogP) is 1.87. The van der Waals surface area contributed by atoms with E-state index >= 15 is 0 Å². The van der Waals surface area contributed by atoms with Crippen molar-refractivity contribution in [2.45, 2.75) is 20.0 Å². The lowest BCUT2D eigenvalue weighted by Crippen LogP contribution is -2.33. The van der Waals surface area contributed by atoms with Crippen LogP contribution in [0.4, 0.5) is 16.3 Å². The number of hydrogen-bond acceptors (Lipinski definition) is 8. The van der Waals surface area contributed by atoms with Gasteiger partial charge < -0.3 is 21.0 Å². The average molecular weight is 425 g/mol. The predicted molar refractivity (Wildman–Crippen MR) is 114 cm³/mol. The molecular weight excluding hydrogens is 402 g/mol. The maximum absolute atomic E-state index is 12.3. The number of amidine groups is 1. The Morgan fingerprint density at radius 3 is 2.74 bits per heavy atom. The first-order valence-electron chi connectivity index (χ1n) is 9.50. The van der Waals surface area contributed by atoms with Crippen molar-refractivity contribution in [3.8, 4) is 11.1 Å². The number of anilines is 1. The molecule has 0 saturated carbocycles. The van der Waals surface area contributed by atoms with Crippen LogP contribution in [0.5, 0.6) is 0 Å². The number of aliphatic hydroxyl groups excluding tert-OH is 1. The summed E-state index contributed by atoms with van der Waals surface area (Å²) >= 11 is 0. The number of ether oxygens (including phenoxy) is 1. The first-order valence-corrected chi connectivity index (χ1v) is 9.50. The molecule has 1 aliphatic rings. The zero-order chi connectivity index (χ0) is 22.4. The topological polar surface area (TPSA) is 155 Å². The summed E-state index contributed by atoms with van der Waals surface area (Å²) in [6, 6.07) is 9.21. The van der Waals surface area contributed by atoms with Crippen molar-refractivity contribution in [3.05, 3.63) is 42.1 Å². The van der Waals surface area contributed by atoms with Gasteiger partial charge in [0.05, 0.1) is 18.8 Å². The van der Waals surface area contributed by atoms with E-state index in [1.807, 2.05) is 31.2 Å². The smallest absolute Gasteiger partial charge is 0.414 e. The van der Waals surface area contributed by atoms with Gasteiger partial charge in [-0.2, -0.15) is 5.10 Å². The minimum Gasteiger partial charge on any atom is -0.442 e. The number of azo groups is 1. The van der Waals surface area contributed by atoms with Crippen LogP contribution in [-0.4, -0.2) is 53.7 Å². The van der Waals surface area contributed by atoms with Gasteiger partial charge in [0.15, 0.2) is 11.7 Å². The molecule has 2 heterocycles. The molecule has 1 aliphatic heterocycles. The fourth-order valence-corrected chi connectivity index (χ4v) is 3.04. The number of cyclic esters (lactones) is 1. The zero-order valence-electron chi connectivity index (χ0n) is 17.1. The van der Waals surface area contributed by atoms with Crippen LogP contribution in [0, 0.1) is 6.92 Å². The van der Waals surface area contributed by atoms with Gasteiger partial charge in [0.2, 0.25) is 5.91 Å². The summed E-state index contributed by atoms with van der Waals surface area (Å²) < 4.78 is 5.33. The number of aryl methyl sites for hydroxylation is 1. The molecule has 31 heavy (non-hydrogen) atoms. The van der Waals surface area contributed by atoms with E-state index in [0.29, 0.717) is 12.4 Å². The lowest BCUT2D eigenvalue weighted by Gasteiger charge is -2.17. The lowest BCUT2D eigenvalue weighted by molar-refractivity contribution is -0.119. The van der Waals surface area contributed by atoms with Gasteiger partial charge in [-0.3, -0.25) is 9.69 Å². The van der Waals surface area contributed by atoms with Crippen molar-refractivity contribution < 1.29 is 19.4 Å². The first-order chi connectivity index (χ1) is 14.9. The van der Waals surface area contributed by atoms with Gasteiger partial charge >= 0.3 is 6.09 Å². The molecule has 1 atom stereocenters. The summed E-state index contributed by atoms with van der Waals surface area (Å²) in [6.45, 7) is 3.56. The van der Waals surface area contributed by atoms with E-state index in [4.69, 9.17) is 15.7 Å². The average Bonchev–Trinajstić information content (AvgIpc) is 3.13. The van der Waals surface area contributed by atoms with Gasteiger partial charge in [-0.1, -0.05) is 6.07 Å². The summed E-state index contributed by atoms with van der Waals surface area (Å²) in [5.41, 5.74) is 3.41. The molecule has 162 valence electrons. The molecule has 0 radical (unpaired) electrons. The summed E-state index contributed by atoms with van der Waals surface area (Å²) in [4.78, 5) is 29.1. The monoisotopic (exact) mass is 425 g/mol. The molecule has 1 aromatic carbocycles. The Balaban J connectivity index is 1.72. The van der Waals surface area contributed by atoms with Crippen molar-refractivity contribution in [2.24, 2.45) is 21.2 Å². The number of nitrogens with zero attached hydrogens (tertiary/aromatic N) is 5. The van der Waals surface area contributed by atoms with E-state index in [9.17, 15) is 9.59 Å². The van der Waals surface area contributed by atoms with E-state index in [1.165, 1.54) is 6.92 Å². The molecule has 11 nitrogen and oxygen atoms in total. The normalized spacial score (nSPS) is 16.6. The van der Waals surface area contributed by atoms with Crippen LogP contribution in [0.15, 0.2) is 51.9 Å². The van der Waals surface area contributed by atoms with E-state index in [-0.39, 0.29) is 18.3 Å². The van der Waals surface area contributed by atoms with Crippen molar-refractivity contribution in [3.63, 3.8) is 0 Å². The number of pyridine rings is 1. The molecule has 0 bridgehead atoms. The first kappa shape index (κ1) is 21.8. The number of aromatic nitrogens is 1. The van der Waals surface area contributed by atoms with Crippen LogP contribution >= 0.6 is 0 Å². The van der Waals surface area contributed by atoms with Crippen molar-refractivity contribution >= 4 is 29.3 Å². The summed E-state index contributed by atoms with van der Waals surface area (Å²) in [6.07, 6.45) is 0.817. The van der Waals surface area contributed by atoms with Crippen LogP contribution < -0.4 is 16.1 Å². The van der Waals surface area contributed by atoms with Crippen LogP contribution in [0.25, 0.3) is 11.1 Å².